The Bertz CT molecular complexity index is 649. The molecular formula is C14H14BNO2S. The predicted octanol–water partition coefficient (Wildman–Crippen LogP) is 2.54. The molecule has 1 saturated heterocycles. The van der Waals surface area contributed by atoms with Gasteiger partial charge in [0.05, 0.1) is 11.6 Å². The van der Waals surface area contributed by atoms with Crippen molar-refractivity contribution in [3.05, 3.63) is 29.1 Å². The summed E-state index contributed by atoms with van der Waals surface area (Å²) in [5.41, 5.74) is 1.77. The first kappa shape index (κ1) is 12.7. The molecule has 0 bridgehead atoms. The Morgan fingerprint density at radius 3 is 2.74 bits per heavy atom. The van der Waals surface area contributed by atoms with Crippen LogP contribution in [-0.4, -0.2) is 20.3 Å². The van der Waals surface area contributed by atoms with Crippen molar-refractivity contribution < 1.29 is 9.31 Å². The van der Waals surface area contributed by atoms with Crippen LogP contribution in [0.15, 0.2) is 23.6 Å². The smallest absolute Gasteiger partial charge is 0.407 e. The fourth-order valence-corrected chi connectivity index (χ4v) is 3.12. The van der Waals surface area contributed by atoms with Gasteiger partial charge in [0.2, 0.25) is 0 Å². The third-order valence-electron chi connectivity index (χ3n) is 3.24. The molecule has 19 heavy (non-hydrogen) atoms. The highest BCUT2D eigenvalue weighted by molar-refractivity contribution is 7.18. The van der Waals surface area contributed by atoms with E-state index >= 15 is 0 Å². The number of nitrogens with zero attached hydrogens (tertiary/aromatic N) is 1. The molecule has 0 unspecified atom stereocenters. The summed E-state index contributed by atoms with van der Waals surface area (Å²) in [6, 6.07) is 7.91. The summed E-state index contributed by atoms with van der Waals surface area (Å²) in [4.78, 5) is 0. The van der Waals surface area contributed by atoms with Gasteiger partial charge in [0.1, 0.15) is 0 Å². The van der Waals surface area contributed by atoms with E-state index in [2.05, 4.69) is 25.3 Å². The Morgan fingerprint density at radius 1 is 1.32 bits per heavy atom. The second kappa shape index (κ2) is 4.64. The van der Waals surface area contributed by atoms with E-state index in [9.17, 15) is 0 Å². The predicted molar refractivity (Wildman–Crippen MR) is 77.6 cm³/mol. The van der Waals surface area contributed by atoms with Crippen molar-refractivity contribution in [3.63, 3.8) is 0 Å². The zero-order valence-corrected chi connectivity index (χ0v) is 11.8. The molecule has 0 amide bonds. The summed E-state index contributed by atoms with van der Waals surface area (Å²) in [7, 11) is -0.310. The van der Waals surface area contributed by atoms with Crippen LogP contribution in [0.2, 0.25) is 0 Å². The minimum atomic E-state index is -0.310. The van der Waals surface area contributed by atoms with Crippen LogP contribution in [0.5, 0.6) is 0 Å². The molecule has 3 nitrogen and oxygen atoms in total. The number of hydrogen-bond donors (Lipinski definition) is 0. The fourth-order valence-electron chi connectivity index (χ4n) is 2.17. The zero-order chi connectivity index (χ0) is 13.5. The lowest BCUT2D eigenvalue weighted by atomic mass is 9.75. The van der Waals surface area contributed by atoms with Crippen molar-refractivity contribution in [3.8, 4) is 6.07 Å². The van der Waals surface area contributed by atoms with Crippen molar-refractivity contribution in [2.45, 2.75) is 13.8 Å². The maximum atomic E-state index is 9.00. The summed E-state index contributed by atoms with van der Waals surface area (Å²) in [6.07, 6.45) is 0. The molecule has 2 heterocycles. The van der Waals surface area contributed by atoms with Crippen molar-refractivity contribution in [2.75, 3.05) is 13.2 Å². The van der Waals surface area contributed by atoms with Gasteiger partial charge in [-0.3, -0.25) is 0 Å². The normalized spacial score (nSPS) is 18.5. The van der Waals surface area contributed by atoms with Crippen LogP contribution in [0.1, 0.15) is 19.4 Å². The standard InChI is InChI=1S/C14H14BNO2S/c1-14(2)8-17-15(18-9-14)12-7-19-13-4-3-10(6-16)5-11(12)13/h3-5,7H,8-9H2,1-2H3. The molecular weight excluding hydrogens is 257 g/mol. The molecule has 0 atom stereocenters. The monoisotopic (exact) mass is 271 g/mol. The van der Waals surface area contributed by atoms with E-state index in [4.69, 9.17) is 14.6 Å². The molecule has 0 N–H and O–H groups in total. The van der Waals surface area contributed by atoms with Gasteiger partial charge in [0.25, 0.3) is 0 Å². The summed E-state index contributed by atoms with van der Waals surface area (Å²) in [5.74, 6) is 0. The molecule has 96 valence electrons. The SMILES string of the molecule is CC1(C)COB(c2csc3ccc(C#N)cc23)OC1. The molecule has 1 aliphatic heterocycles. The summed E-state index contributed by atoms with van der Waals surface area (Å²) < 4.78 is 12.8. The lowest BCUT2D eigenvalue weighted by Crippen LogP contribution is -2.47. The van der Waals surface area contributed by atoms with E-state index in [0.717, 1.165) is 15.5 Å². The molecule has 1 aromatic heterocycles. The van der Waals surface area contributed by atoms with Crippen LogP contribution < -0.4 is 5.46 Å². The van der Waals surface area contributed by atoms with Gasteiger partial charge in [0.15, 0.2) is 0 Å². The molecule has 3 rings (SSSR count). The lowest BCUT2D eigenvalue weighted by Gasteiger charge is -2.32. The van der Waals surface area contributed by atoms with Crippen LogP contribution in [0.3, 0.4) is 0 Å². The zero-order valence-electron chi connectivity index (χ0n) is 11.0. The summed E-state index contributed by atoms with van der Waals surface area (Å²) in [6.45, 7) is 5.63. The maximum Gasteiger partial charge on any atom is 0.495 e. The van der Waals surface area contributed by atoms with E-state index < -0.39 is 0 Å². The highest BCUT2D eigenvalue weighted by atomic mass is 32.1. The number of fused-ring (bicyclic) bond motifs is 1. The topological polar surface area (TPSA) is 42.2 Å². The van der Waals surface area contributed by atoms with Gasteiger partial charge in [-0.1, -0.05) is 13.8 Å². The van der Waals surface area contributed by atoms with Crippen LogP contribution >= 0.6 is 11.3 Å². The van der Waals surface area contributed by atoms with E-state index in [1.807, 2.05) is 18.2 Å². The largest absolute Gasteiger partial charge is 0.495 e. The quantitative estimate of drug-likeness (QED) is 0.748. The number of thiophene rings is 1. The molecule has 1 fully saturated rings. The van der Waals surface area contributed by atoms with Crippen molar-refractivity contribution in [2.24, 2.45) is 5.41 Å². The van der Waals surface area contributed by atoms with Crippen LogP contribution in [0, 0.1) is 16.7 Å². The maximum absolute atomic E-state index is 9.00. The summed E-state index contributed by atoms with van der Waals surface area (Å²) >= 11 is 1.66. The third kappa shape index (κ3) is 2.39. The van der Waals surface area contributed by atoms with Gasteiger partial charge in [-0.25, -0.2) is 0 Å². The second-order valence-electron chi connectivity index (χ2n) is 5.63. The van der Waals surface area contributed by atoms with E-state index in [1.54, 1.807) is 11.3 Å². The Labute approximate surface area is 116 Å². The second-order valence-corrected chi connectivity index (χ2v) is 6.54. The molecule has 2 aromatic rings. The Kier molecular flexibility index (Phi) is 3.10. The first-order chi connectivity index (χ1) is 9.09. The van der Waals surface area contributed by atoms with Crippen molar-refractivity contribution >= 4 is 34.0 Å². The first-order valence-corrected chi connectivity index (χ1v) is 7.11. The van der Waals surface area contributed by atoms with Gasteiger partial charge in [0, 0.05) is 28.8 Å². The van der Waals surface area contributed by atoms with Crippen LogP contribution in [0.25, 0.3) is 10.1 Å². The molecule has 0 spiro atoms. The molecule has 1 aliphatic rings. The van der Waals surface area contributed by atoms with Gasteiger partial charge in [-0.2, -0.15) is 5.26 Å². The number of nitriles is 1. The van der Waals surface area contributed by atoms with Crippen molar-refractivity contribution in [1.29, 1.82) is 5.26 Å². The Hall–Kier alpha value is -1.35. The number of benzene rings is 1. The average Bonchev–Trinajstić information content (AvgIpc) is 2.81. The number of hydrogen-bond acceptors (Lipinski definition) is 4. The highest BCUT2D eigenvalue weighted by Gasteiger charge is 2.34. The van der Waals surface area contributed by atoms with Gasteiger partial charge in [-0.15, -0.1) is 11.3 Å². The molecule has 0 saturated carbocycles. The minimum Gasteiger partial charge on any atom is -0.407 e. The Balaban J connectivity index is 1.95. The highest BCUT2D eigenvalue weighted by Crippen LogP contribution is 2.25. The Morgan fingerprint density at radius 2 is 2.05 bits per heavy atom. The average molecular weight is 271 g/mol. The van der Waals surface area contributed by atoms with E-state index in [0.29, 0.717) is 18.8 Å². The van der Waals surface area contributed by atoms with Gasteiger partial charge >= 0.3 is 7.12 Å². The number of rotatable bonds is 1. The van der Waals surface area contributed by atoms with E-state index in [1.165, 1.54) is 0 Å². The minimum absolute atomic E-state index is 0.0696. The van der Waals surface area contributed by atoms with Crippen molar-refractivity contribution in [1.82, 2.24) is 0 Å². The summed E-state index contributed by atoms with van der Waals surface area (Å²) in [5, 5.41) is 12.1. The molecule has 0 radical (unpaired) electrons. The lowest BCUT2D eigenvalue weighted by molar-refractivity contribution is 0.0344. The van der Waals surface area contributed by atoms with E-state index in [-0.39, 0.29) is 12.5 Å². The molecule has 1 aromatic carbocycles. The van der Waals surface area contributed by atoms with Gasteiger partial charge in [-0.05, 0) is 29.0 Å². The third-order valence-corrected chi connectivity index (χ3v) is 4.22. The first-order valence-electron chi connectivity index (χ1n) is 6.23. The fraction of sp³-hybridized carbons (Fsp3) is 0.357. The van der Waals surface area contributed by atoms with Gasteiger partial charge < -0.3 is 9.31 Å². The van der Waals surface area contributed by atoms with Crippen LogP contribution in [0.4, 0.5) is 0 Å². The van der Waals surface area contributed by atoms with Crippen LogP contribution in [-0.2, 0) is 9.31 Å². The molecule has 0 aliphatic carbocycles. The molecule has 5 heteroatoms.